The number of carbonyl (C=O) groups excluding carboxylic acids is 1. The van der Waals surface area contributed by atoms with Gasteiger partial charge in [-0.05, 0) is 30.0 Å². The molecule has 0 aliphatic carbocycles. The molecule has 0 aliphatic rings. The fourth-order valence-electron chi connectivity index (χ4n) is 1.84. The van der Waals surface area contributed by atoms with Gasteiger partial charge in [-0.25, -0.2) is 0 Å². The van der Waals surface area contributed by atoms with Gasteiger partial charge in [0.1, 0.15) is 0 Å². The van der Waals surface area contributed by atoms with Crippen molar-refractivity contribution in [1.29, 1.82) is 0 Å². The fourth-order valence-corrected chi connectivity index (χ4v) is 1.84. The van der Waals surface area contributed by atoms with Gasteiger partial charge in [0, 0.05) is 31.7 Å². The molecule has 0 spiro atoms. The van der Waals surface area contributed by atoms with E-state index in [0.29, 0.717) is 6.42 Å². The number of nitrogens with zero attached hydrogens (tertiary/aromatic N) is 1. The van der Waals surface area contributed by atoms with Crippen LogP contribution in [0.3, 0.4) is 0 Å². The van der Waals surface area contributed by atoms with Crippen LogP contribution in [0.5, 0.6) is 0 Å². The Morgan fingerprint density at radius 1 is 1.28 bits per heavy atom. The number of fused-ring (bicyclic) bond motifs is 1. The van der Waals surface area contributed by atoms with Crippen LogP contribution >= 0.6 is 0 Å². The zero-order valence-corrected chi connectivity index (χ0v) is 11.7. The molecule has 0 saturated heterocycles. The zero-order valence-electron chi connectivity index (χ0n) is 11.7. The summed E-state index contributed by atoms with van der Waals surface area (Å²) >= 11 is 0. The van der Waals surface area contributed by atoms with Crippen LogP contribution in [0.15, 0.2) is 30.5 Å². The topological polar surface area (TPSA) is 34.0 Å². The Labute approximate surface area is 109 Å². The molecule has 2 rings (SSSR count). The summed E-state index contributed by atoms with van der Waals surface area (Å²) in [6, 6.07) is 8.45. The van der Waals surface area contributed by atoms with E-state index in [2.05, 4.69) is 41.1 Å². The third-order valence-electron chi connectivity index (χ3n) is 2.79. The van der Waals surface area contributed by atoms with Crippen LogP contribution in [-0.4, -0.2) is 17.5 Å². The Hall–Kier alpha value is -1.77. The van der Waals surface area contributed by atoms with Crippen LogP contribution in [0.4, 0.5) is 0 Å². The number of nitrogens with one attached hydrogen (secondary N) is 1. The predicted octanol–water partition coefficient (Wildman–Crippen LogP) is 3.11. The van der Waals surface area contributed by atoms with Crippen molar-refractivity contribution in [2.75, 3.05) is 7.05 Å². The first-order valence-corrected chi connectivity index (χ1v) is 6.47. The molecule has 0 saturated carbocycles. The lowest BCUT2D eigenvalue weighted by Gasteiger charge is -2.05. The second-order valence-corrected chi connectivity index (χ2v) is 3.99. The summed E-state index contributed by atoms with van der Waals surface area (Å²) in [7, 11) is 1.67. The van der Waals surface area contributed by atoms with Crippen LogP contribution in [0.25, 0.3) is 10.9 Å². The van der Waals surface area contributed by atoms with Crippen molar-refractivity contribution in [1.82, 2.24) is 9.88 Å². The monoisotopic (exact) mass is 246 g/mol. The predicted molar refractivity (Wildman–Crippen MR) is 76.7 cm³/mol. The summed E-state index contributed by atoms with van der Waals surface area (Å²) in [6.45, 7) is 6.81. The smallest absolute Gasteiger partial charge is 0.221 e. The molecule has 3 heteroatoms. The number of carbonyl (C=O) groups is 1. The SMILES string of the molecule is CC.CNC(=O)CCn1ccc2ccc(C)cc21. The van der Waals surface area contributed by atoms with E-state index >= 15 is 0 Å². The molecular weight excluding hydrogens is 224 g/mol. The first-order chi connectivity index (χ1) is 8.70. The molecule has 0 bridgehead atoms. The maximum atomic E-state index is 11.2. The van der Waals surface area contributed by atoms with E-state index in [0.717, 1.165) is 6.54 Å². The number of amides is 1. The van der Waals surface area contributed by atoms with Gasteiger partial charge in [0.05, 0.1) is 0 Å². The van der Waals surface area contributed by atoms with Gasteiger partial charge in [-0.3, -0.25) is 4.79 Å². The van der Waals surface area contributed by atoms with Crippen LogP contribution in [0.2, 0.25) is 0 Å². The Morgan fingerprint density at radius 2 is 2.00 bits per heavy atom. The molecule has 1 N–H and O–H groups in total. The molecule has 0 fully saturated rings. The Morgan fingerprint density at radius 3 is 2.67 bits per heavy atom. The number of aryl methyl sites for hydroxylation is 2. The van der Waals surface area contributed by atoms with Crippen molar-refractivity contribution < 1.29 is 4.79 Å². The van der Waals surface area contributed by atoms with Crippen LogP contribution in [-0.2, 0) is 11.3 Å². The maximum Gasteiger partial charge on any atom is 0.221 e. The molecule has 0 radical (unpaired) electrons. The first kappa shape index (κ1) is 14.3. The largest absolute Gasteiger partial charge is 0.359 e. The minimum absolute atomic E-state index is 0.0782. The molecule has 0 aliphatic heterocycles. The summed E-state index contributed by atoms with van der Waals surface area (Å²) in [5, 5.41) is 3.86. The summed E-state index contributed by atoms with van der Waals surface area (Å²) in [5.74, 6) is 0.0782. The fraction of sp³-hybridized carbons (Fsp3) is 0.400. The van der Waals surface area contributed by atoms with Gasteiger partial charge in [0.25, 0.3) is 0 Å². The third-order valence-corrected chi connectivity index (χ3v) is 2.79. The number of hydrogen-bond donors (Lipinski definition) is 1. The van der Waals surface area contributed by atoms with E-state index in [4.69, 9.17) is 0 Å². The lowest BCUT2D eigenvalue weighted by Crippen LogP contribution is -2.19. The van der Waals surface area contributed by atoms with Crippen molar-refractivity contribution in [2.24, 2.45) is 0 Å². The van der Waals surface area contributed by atoms with E-state index < -0.39 is 0 Å². The van der Waals surface area contributed by atoms with E-state index in [1.54, 1.807) is 7.05 Å². The van der Waals surface area contributed by atoms with Crippen LogP contribution in [0, 0.1) is 6.92 Å². The molecule has 1 aromatic carbocycles. The van der Waals surface area contributed by atoms with Crippen molar-refractivity contribution >= 4 is 16.8 Å². The highest BCUT2D eigenvalue weighted by Crippen LogP contribution is 2.17. The average Bonchev–Trinajstić information content (AvgIpc) is 2.80. The van der Waals surface area contributed by atoms with Crippen molar-refractivity contribution in [3.8, 4) is 0 Å². The van der Waals surface area contributed by atoms with E-state index in [9.17, 15) is 4.79 Å². The van der Waals surface area contributed by atoms with E-state index in [1.165, 1.54) is 16.5 Å². The van der Waals surface area contributed by atoms with Gasteiger partial charge in [-0.15, -0.1) is 0 Å². The van der Waals surface area contributed by atoms with Crippen LogP contribution in [0.1, 0.15) is 25.8 Å². The molecule has 3 nitrogen and oxygen atoms in total. The van der Waals surface area contributed by atoms with Crippen molar-refractivity contribution in [3.05, 3.63) is 36.0 Å². The number of aromatic nitrogens is 1. The Balaban J connectivity index is 0.000000771. The second-order valence-electron chi connectivity index (χ2n) is 3.99. The highest BCUT2D eigenvalue weighted by molar-refractivity contribution is 5.81. The van der Waals surface area contributed by atoms with E-state index in [-0.39, 0.29) is 5.91 Å². The minimum atomic E-state index is 0.0782. The molecule has 2 aromatic rings. The molecule has 1 heterocycles. The number of benzene rings is 1. The molecular formula is C15H22N2O. The first-order valence-electron chi connectivity index (χ1n) is 6.47. The maximum absolute atomic E-state index is 11.2. The minimum Gasteiger partial charge on any atom is -0.359 e. The standard InChI is InChI=1S/C13H16N2O.C2H6/c1-10-3-4-11-5-7-15(12(11)9-10)8-6-13(16)14-2;1-2/h3-5,7,9H,6,8H2,1-2H3,(H,14,16);1-2H3. The second kappa shape index (κ2) is 6.84. The summed E-state index contributed by atoms with van der Waals surface area (Å²) in [6.07, 6.45) is 2.56. The zero-order chi connectivity index (χ0) is 13.5. The van der Waals surface area contributed by atoms with Gasteiger partial charge in [0.2, 0.25) is 5.91 Å². The Kier molecular flexibility index (Phi) is 5.43. The van der Waals surface area contributed by atoms with Crippen LogP contribution < -0.4 is 5.32 Å². The number of hydrogen-bond acceptors (Lipinski definition) is 1. The third kappa shape index (κ3) is 3.36. The average molecular weight is 246 g/mol. The summed E-state index contributed by atoms with van der Waals surface area (Å²) < 4.78 is 2.12. The molecule has 98 valence electrons. The molecule has 0 atom stereocenters. The molecule has 0 unspecified atom stereocenters. The van der Waals surface area contributed by atoms with Gasteiger partial charge in [-0.2, -0.15) is 0 Å². The highest BCUT2D eigenvalue weighted by Gasteiger charge is 2.03. The molecule has 1 aromatic heterocycles. The lowest BCUT2D eigenvalue weighted by molar-refractivity contribution is -0.120. The lowest BCUT2D eigenvalue weighted by atomic mass is 10.2. The van der Waals surface area contributed by atoms with E-state index in [1.807, 2.05) is 20.0 Å². The van der Waals surface area contributed by atoms with Crippen molar-refractivity contribution in [2.45, 2.75) is 33.7 Å². The van der Waals surface area contributed by atoms with Gasteiger partial charge in [0.15, 0.2) is 0 Å². The van der Waals surface area contributed by atoms with Gasteiger partial charge in [-0.1, -0.05) is 26.0 Å². The quantitative estimate of drug-likeness (QED) is 0.887. The molecule has 18 heavy (non-hydrogen) atoms. The Bertz CT molecular complexity index is 514. The van der Waals surface area contributed by atoms with Gasteiger partial charge >= 0.3 is 0 Å². The normalized spacial score (nSPS) is 9.78. The van der Waals surface area contributed by atoms with Crippen molar-refractivity contribution in [3.63, 3.8) is 0 Å². The molecule has 1 amide bonds. The highest BCUT2D eigenvalue weighted by atomic mass is 16.1. The number of rotatable bonds is 3. The van der Waals surface area contributed by atoms with Gasteiger partial charge < -0.3 is 9.88 Å². The summed E-state index contributed by atoms with van der Waals surface area (Å²) in [4.78, 5) is 11.2. The summed E-state index contributed by atoms with van der Waals surface area (Å²) in [5.41, 5.74) is 2.44.